The van der Waals surface area contributed by atoms with Crippen LogP contribution < -0.4 is 0 Å². The lowest BCUT2D eigenvalue weighted by molar-refractivity contribution is 0.272. The van der Waals surface area contributed by atoms with E-state index in [2.05, 4.69) is 0 Å². The first kappa shape index (κ1) is 11.0. The van der Waals surface area contributed by atoms with E-state index in [4.69, 9.17) is 16.3 Å². The Morgan fingerprint density at radius 1 is 1.69 bits per heavy atom. The summed E-state index contributed by atoms with van der Waals surface area (Å²) in [6, 6.07) is 0. The van der Waals surface area contributed by atoms with Gasteiger partial charge in [0.15, 0.2) is 0 Å². The van der Waals surface area contributed by atoms with E-state index < -0.39 is 0 Å². The second-order valence-electron chi connectivity index (χ2n) is 2.24. The van der Waals surface area contributed by atoms with Gasteiger partial charge in [-0.15, -0.1) is 23.1 Å². The highest BCUT2D eigenvalue weighted by Gasteiger charge is 2.05. The zero-order valence-electron chi connectivity index (χ0n) is 7.54. The van der Waals surface area contributed by atoms with Crippen molar-refractivity contribution in [2.45, 2.75) is 11.8 Å². The molecule has 72 valence electrons. The lowest BCUT2D eigenvalue weighted by atomic mass is 10.4. The van der Waals surface area contributed by atoms with Crippen LogP contribution in [0.3, 0.4) is 0 Å². The molecule has 1 nitrogen and oxygen atoms in total. The molecular formula is C9H11ClOS2. The molecule has 0 atom stereocenters. The summed E-state index contributed by atoms with van der Waals surface area (Å²) in [7, 11) is 0. The molecule has 0 saturated carbocycles. The van der Waals surface area contributed by atoms with Crippen LogP contribution in [-0.4, -0.2) is 12.9 Å². The fraction of sp³-hybridized carbons (Fsp3) is 0.333. The van der Waals surface area contributed by atoms with E-state index in [9.17, 15) is 0 Å². The van der Waals surface area contributed by atoms with Crippen LogP contribution in [0, 0.1) is 0 Å². The Hall–Kier alpha value is -0.120. The van der Waals surface area contributed by atoms with Crippen LogP contribution in [0.4, 0.5) is 0 Å². The van der Waals surface area contributed by atoms with Crippen molar-refractivity contribution in [3.63, 3.8) is 0 Å². The lowest BCUT2D eigenvalue weighted by Crippen LogP contribution is -1.76. The summed E-state index contributed by atoms with van der Waals surface area (Å²) in [6.07, 6.45) is 5.68. The lowest BCUT2D eigenvalue weighted by Gasteiger charge is -1.95. The highest BCUT2D eigenvalue weighted by molar-refractivity contribution is 7.99. The van der Waals surface area contributed by atoms with Gasteiger partial charge in [-0.3, -0.25) is 0 Å². The first-order chi connectivity index (χ1) is 6.29. The largest absolute Gasteiger partial charge is 0.501 e. The Balaban J connectivity index is 2.76. The van der Waals surface area contributed by atoms with Crippen molar-refractivity contribution < 1.29 is 4.74 Å². The first-order valence-electron chi connectivity index (χ1n) is 3.88. The summed E-state index contributed by atoms with van der Waals surface area (Å²) in [5.74, 6) is 0. The van der Waals surface area contributed by atoms with Crippen molar-refractivity contribution in [3.05, 3.63) is 21.5 Å². The van der Waals surface area contributed by atoms with Crippen LogP contribution in [0.5, 0.6) is 0 Å². The molecule has 0 unspecified atom stereocenters. The molecule has 1 aromatic rings. The van der Waals surface area contributed by atoms with Crippen molar-refractivity contribution in [1.82, 2.24) is 0 Å². The number of thioether (sulfide) groups is 1. The van der Waals surface area contributed by atoms with Gasteiger partial charge in [0.05, 0.1) is 17.9 Å². The fourth-order valence-corrected chi connectivity index (χ4v) is 3.07. The summed E-state index contributed by atoms with van der Waals surface area (Å²) in [6.45, 7) is 2.66. The molecule has 0 aliphatic heterocycles. The Kier molecular flexibility index (Phi) is 4.70. The molecular weight excluding hydrogens is 224 g/mol. The van der Waals surface area contributed by atoms with E-state index in [-0.39, 0.29) is 0 Å². The molecule has 0 radical (unpaired) electrons. The van der Waals surface area contributed by atoms with Crippen LogP contribution in [0.15, 0.2) is 16.5 Å². The van der Waals surface area contributed by atoms with Gasteiger partial charge >= 0.3 is 0 Å². The van der Waals surface area contributed by atoms with Gasteiger partial charge in [-0.1, -0.05) is 11.6 Å². The van der Waals surface area contributed by atoms with Gasteiger partial charge in [0.2, 0.25) is 0 Å². The minimum atomic E-state index is 0.699. The third-order valence-corrected chi connectivity index (χ3v) is 3.88. The average molecular weight is 235 g/mol. The van der Waals surface area contributed by atoms with Gasteiger partial charge in [0.1, 0.15) is 0 Å². The van der Waals surface area contributed by atoms with Gasteiger partial charge in [-0.25, -0.2) is 0 Å². The number of hydrogen-bond donors (Lipinski definition) is 0. The summed E-state index contributed by atoms with van der Waals surface area (Å²) in [5.41, 5.74) is 0. The highest BCUT2D eigenvalue weighted by atomic mass is 35.5. The van der Waals surface area contributed by atoms with Crippen LogP contribution in [0.25, 0.3) is 6.08 Å². The molecule has 0 aliphatic rings. The highest BCUT2D eigenvalue weighted by Crippen LogP contribution is 2.35. The zero-order chi connectivity index (χ0) is 9.68. The molecule has 0 bridgehead atoms. The molecule has 0 amide bonds. The molecule has 4 heteroatoms. The minimum absolute atomic E-state index is 0.699. The zero-order valence-corrected chi connectivity index (χ0v) is 9.93. The monoisotopic (exact) mass is 234 g/mol. The smallest absolute Gasteiger partial charge is 0.0845 e. The predicted octanol–water partition coefficient (Wildman–Crippen LogP) is 4.13. The molecule has 1 aromatic heterocycles. The van der Waals surface area contributed by atoms with E-state index >= 15 is 0 Å². The predicted molar refractivity (Wildman–Crippen MR) is 61.8 cm³/mol. The summed E-state index contributed by atoms with van der Waals surface area (Å²) in [5, 5.41) is 2.77. The Labute approximate surface area is 91.7 Å². The second-order valence-corrected chi connectivity index (χ2v) is 4.37. The van der Waals surface area contributed by atoms with Crippen molar-refractivity contribution in [3.8, 4) is 0 Å². The van der Waals surface area contributed by atoms with Crippen molar-refractivity contribution in [2.24, 2.45) is 0 Å². The maximum Gasteiger partial charge on any atom is 0.0845 e. The molecule has 0 spiro atoms. The van der Waals surface area contributed by atoms with Crippen LogP contribution >= 0.6 is 34.7 Å². The Morgan fingerprint density at radius 3 is 3.08 bits per heavy atom. The van der Waals surface area contributed by atoms with Crippen molar-refractivity contribution in [2.75, 3.05) is 12.9 Å². The van der Waals surface area contributed by atoms with E-state index in [1.165, 1.54) is 0 Å². The Morgan fingerprint density at radius 2 is 2.46 bits per heavy atom. The number of thiophene rings is 1. The normalized spacial score (nSPS) is 11.0. The maximum atomic E-state index is 5.97. The molecule has 13 heavy (non-hydrogen) atoms. The van der Waals surface area contributed by atoms with E-state index in [0.29, 0.717) is 6.61 Å². The third kappa shape index (κ3) is 2.93. The van der Waals surface area contributed by atoms with E-state index in [0.717, 1.165) is 14.8 Å². The summed E-state index contributed by atoms with van der Waals surface area (Å²) < 4.78 is 5.12. The Bertz CT molecular complexity index is 294. The third-order valence-electron chi connectivity index (χ3n) is 1.42. The molecule has 1 heterocycles. The number of rotatable bonds is 4. The van der Waals surface area contributed by atoms with E-state index in [1.807, 2.05) is 24.6 Å². The topological polar surface area (TPSA) is 9.23 Å². The number of hydrogen-bond acceptors (Lipinski definition) is 3. The van der Waals surface area contributed by atoms with Gasteiger partial charge < -0.3 is 4.74 Å². The maximum absolute atomic E-state index is 5.97. The summed E-state index contributed by atoms with van der Waals surface area (Å²) in [4.78, 5) is 2.29. The number of halogens is 1. The minimum Gasteiger partial charge on any atom is -0.501 e. The average Bonchev–Trinajstić information content (AvgIpc) is 2.47. The molecule has 0 aromatic carbocycles. The van der Waals surface area contributed by atoms with Crippen LogP contribution in [-0.2, 0) is 4.74 Å². The SMILES string of the molecule is CCO/C=C/c1scc(Cl)c1SC. The molecule has 0 aliphatic carbocycles. The first-order valence-corrected chi connectivity index (χ1v) is 6.37. The van der Waals surface area contributed by atoms with Gasteiger partial charge in [0, 0.05) is 15.2 Å². The number of ether oxygens (including phenoxy) is 1. The van der Waals surface area contributed by atoms with Crippen molar-refractivity contribution >= 4 is 40.8 Å². The molecule has 1 rings (SSSR count). The standard InChI is InChI=1S/C9H11ClOS2/c1-3-11-5-4-8-9(12-2)7(10)6-13-8/h4-6H,3H2,1-2H3/b5-4+. The van der Waals surface area contributed by atoms with Gasteiger partial charge in [-0.05, 0) is 19.3 Å². The van der Waals surface area contributed by atoms with Crippen molar-refractivity contribution in [1.29, 1.82) is 0 Å². The second kappa shape index (κ2) is 5.58. The van der Waals surface area contributed by atoms with Crippen LogP contribution in [0.2, 0.25) is 5.02 Å². The van der Waals surface area contributed by atoms with Crippen LogP contribution in [0.1, 0.15) is 11.8 Å². The fourth-order valence-electron chi connectivity index (χ4n) is 0.859. The molecule has 0 fully saturated rings. The molecule has 0 saturated heterocycles. The quantitative estimate of drug-likeness (QED) is 0.572. The van der Waals surface area contributed by atoms with Gasteiger partial charge in [0.25, 0.3) is 0 Å². The van der Waals surface area contributed by atoms with Gasteiger partial charge in [-0.2, -0.15) is 0 Å². The van der Waals surface area contributed by atoms with E-state index in [1.54, 1.807) is 29.4 Å². The molecule has 0 N–H and O–H groups in total. The summed E-state index contributed by atoms with van der Waals surface area (Å²) >= 11 is 9.26.